The van der Waals surface area contributed by atoms with Gasteiger partial charge in [-0.25, -0.2) is 0 Å². The molecule has 1 fully saturated rings. The fourth-order valence-electron chi connectivity index (χ4n) is 2.32. The Bertz CT molecular complexity index is 388. The molecule has 1 aliphatic heterocycles. The molecule has 0 N–H and O–H groups in total. The summed E-state index contributed by atoms with van der Waals surface area (Å²) in [6.45, 7) is 7.05. The number of rotatable bonds is 2. The summed E-state index contributed by atoms with van der Waals surface area (Å²) in [6, 6.07) is 10.8. The van der Waals surface area contributed by atoms with Crippen LogP contribution in [0.3, 0.4) is 0 Å². The third kappa shape index (κ3) is 2.14. The molecule has 1 aromatic rings. The zero-order valence-corrected chi connectivity index (χ0v) is 11.2. The maximum atomic E-state index is 5.87. The zero-order valence-electron chi connectivity index (χ0n) is 9.93. The Labute approximate surface area is 105 Å². The molecule has 0 spiro atoms. The van der Waals surface area contributed by atoms with Crippen LogP contribution in [0, 0.1) is 0 Å². The molecule has 16 heavy (non-hydrogen) atoms. The van der Waals surface area contributed by atoms with Crippen LogP contribution in [0.2, 0.25) is 0 Å². The molecule has 2 nitrogen and oxygen atoms in total. The number of ether oxygens (including phenoxy) is 1. The number of hydrogen-bond donors (Lipinski definition) is 0. The first-order chi connectivity index (χ1) is 7.52. The summed E-state index contributed by atoms with van der Waals surface area (Å²) in [4.78, 5) is 2.31. The molecule has 3 heteroatoms. The monoisotopic (exact) mass is 255 g/mol. The van der Waals surface area contributed by atoms with E-state index in [-0.39, 0.29) is 5.72 Å². The van der Waals surface area contributed by atoms with Gasteiger partial charge in [0.15, 0.2) is 0 Å². The van der Waals surface area contributed by atoms with E-state index in [2.05, 4.69) is 65.8 Å². The van der Waals surface area contributed by atoms with Crippen LogP contribution in [0.25, 0.3) is 0 Å². The van der Waals surface area contributed by atoms with E-state index < -0.39 is 0 Å². The van der Waals surface area contributed by atoms with Gasteiger partial charge in [0.25, 0.3) is 0 Å². The molecule has 0 unspecified atom stereocenters. The second-order valence-electron chi connectivity index (χ2n) is 4.57. The zero-order chi connectivity index (χ0) is 11.8. The van der Waals surface area contributed by atoms with Crippen molar-refractivity contribution in [2.75, 3.05) is 6.61 Å². The van der Waals surface area contributed by atoms with Crippen LogP contribution in [0.1, 0.15) is 32.4 Å². The van der Waals surface area contributed by atoms with Crippen LogP contribution in [-0.2, 0) is 20.6 Å². The maximum absolute atomic E-state index is 5.87. The van der Waals surface area contributed by atoms with E-state index >= 15 is 0 Å². The van der Waals surface area contributed by atoms with Crippen molar-refractivity contribution in [3.05, 3.63) is 35.9 Å². The molecule has 0 aromatic heterocycles. The van der Waals surface area contributed by atoms with Gasteiger partial charge in [-0.05, 0) is 0 Å². The summed E-state index contributed by atoms with van der Waals surface area (Å²) >= 11 is 3.10. The summed E-state index contributed by atoms with van der Waals surface area (Å²) in [5.41, 5.74) is 1.08. The van der Waals surface area contributed by atoms with Gasteiger partial charge in [0.1, 0.15) is 0 Å². The average molecular weight is 255 g/mol. The van der Waals surface area contributed by atoms with Crippen molar-refractivity contribution in [3.8, 4) is 0 Å². The van der Waals surface area contributed by atoms with Crippen molar-refractivity contribution in [2.24, 2.45) is 0 Å². The van der Waals surface area contributed by atoms with Gasteiger partial charge in [0.2, 0.25) is 0 Å². The minimum atomic E-state index is -0.226. The first-order valence-electron chi connectivity index (χ1n) is 5.51. The molecule has 0 bridgehead atoms. The number of nitrogens with zero attached hydrogens (tertiary/aromatic N) is 1. The summed E-state index contributed by atoms with van der Waals surface area (Å²) in [5.74, 6) is 0. The van der Waals surface area contributed by atoms with E-state index in [4.69, 9.17) is 4.74 Å². The Hall–Kier alpha value is -0.458. The predicted molar refractivity (Wildman–Crippen MR) is 61.7 cm³/mol. The first-order valence-corrected chi connectivity index (χ1v) is 6.15. The summed E-state index contributed by atoms with van der Waals surface area (Å²) in [5, 5.41) is 0. The van der Waals surface area contributed by atoms with Gasteiger partial charge in [-0.3, -0.25) is 0 Å². The number of benzene rings is 1. The SMILES string of the molecule is C[C](=[Cr])N1[C@H](c2ccccc2)COC1(C)C. The summed E-state index contributed by atoms with van der Waals surface area (Å²) < 4.78 is 7.04. The fraction of sp³-hybridized carbons (Fsp3) is 0.462. The predicted octanol–water partition coefficient (Wildman–Crippen LogP) is 2.49. The molecule has 1 heterocycles. The summed E-state index contributed by atoms with van der Waals surface area (Å²) in [7, 11) is 0. The average Bonchev–Trinajstić information content (AvgIpc) is 2.55. The van der Waals surface area contributed by atoms with Gasteiger partial charge >= 0.3 is 105 Å². The molecule has 0 radical (unpaired) electrons. The van der Waals surface area contributed by atoms with Gasteiger partial charge in [-0.1, -0.05) is 0 Å². The van der Waals surface area contributed by atoms with E-state index in [0.717, 1.165) is 6.61 Å². The molecular formula is C13H17CrNO. The Morgan fingerprint density at radius 3 is 2.56 bits per heavy atom. The van der Waals surface area contributed by atoms with Gasteiger partial charge in [0.05, 0.1) is 0 Å². The molecule has 86 valence electrons. The van der Waals surface area contributed by atoms with E-state index in [1.807, 2.05) is 6.07 Å². The van der Waals surface area contributed by atoms with Gasteiger partial charge in [-0.15, -0.1) is 0 Å². The van der Waals surface area contributed by atoms with Crippen LogP contribution in [0.4, 0.5) is 0 Å². The standard InChI is InChI=1S/C13H17NO.Cr/c1-4-14-12(10-15-13(14,2)3)11-8-6-5-7-9-11;/h5-9,12H,10H2,1-3H3;/t12-;/m0./s1. The van der Waals surface area contributed by atoms with Crippen molar-refractivity contribution in [1.82, 2.24) is 4.90 Å². The van der Waals surface area contributed by atoms with Crippen molar-refractivity contribution in [1.29, 1.82) is 0 Å². The number of hydrogen-bond acceptors (Lipinski definition) is 2. The van der Waals surface area contributed by atoms with Crippen LogP contribution < -0.4 is 0 Å². The van der Waals surface area contributed by atoms with Crippen molar-refractivity contribution >= 4 is 4.50 Å². The Balaban J connectivity index is 2.33. The first kappa shape index (κ1) is 12.0. The van der Waals surface area contributed by atoms with Gasteiger partial charge < -0.3 is 0 Å². The van der Waals surface area contributed by atoms with E-state index in [9.17, 15) is 0 Å². The van der Waals surface area contributed by atoms with Crippen LogP contribution in [-0.4, -0.2) is 21.7 Å². The molecule has 1 aromatic carbocycles. The van der Waals surface area contributed by atoms with Crippen LogP contribution in [0.5, 0.6) is 0 Å². The second-order valence-corrected chi connectivity index (χ2v) is 5.50. The van der Waals surface area contributed by atoms with Gasteiger partial charge in [0, 0.05) is 0 Å². The van der Waals surface area contributed by atoms with E-state index in [1.54, 1.807) is 0 Å². The molecule has 2 rings (SSSR count). The molecular weight excluding hydrogens is 238 g/mol. The molecule has 1 aliphatic rings. The van der Waals surface area contributed by atoms with Crippen molar-refractivity contribution < 1.29 is 20.6 Å². The molecule has 0 saturated carbocycles. The Morgan fingerprint density at radius 1 is 1.38 bits per heavy atom. The summed E-state index contributed by atoms with van der Waals surface area (Å²) in [6.07, 6.45) is 0. The Morgan fingerprint density at radius 2 is 2.00 bits per heavy atom. The van der Waals surface area contributed by atoms with Gasteiger partial charge in [-0.2, -0.15) is 0 Å². The fourth-order valence-corrected chi connectivity index (χ4v) is 2.86. The second kappa shape index (κ2) is 4.43. The molecule has 1 atom stereocenters. The van der Waals surface area contributed by atoms with Crippen LogP contribution in [0.15, 0.2) is 30.3 Å². The molecule has 0 aliphatic carbocycles. The third-order valence-corrected chi connectivity index (χ3v) is 3.32. The normalized spacial score (nSPS) is 24.6. The van der Waals surface area contributed by atoms with Crippen LogP contribution >= 0.6 is 0 Å². The topological polar surface area (TPSA) is 12.5 Å². The Kier molecular flexibility index (Phi) is 3.32. The van der Waals surface area contributed by atoms with E-state index in [0.29, 0.717) is 6.04 Å². The quantitative estimate of drug-likeness (QED) is 0.805. The molecule has 1 saturated heterocycles. The van der Waals surface area contributed by atoms with E-state index in [1.165, 1.54) is 10.1 Å². The van der Waals surface area contributed by atoms with Crippen molar-refractivity contribution in [2.45, 2.75) is 32.5 Å². The van der Waals surface area contributed by atoms with Crippen molar-refractivity contribution in [3.63, 3.8) is 0 Å². The minimum absolute atomic E-state index is 0.226. The third-order valence-electron chi connectivity index (χ3n) is 3.01. The molecule has 0 amide bonds.